The van der Waals surface area contributed by atoms with Gasteiger partial charge in [0.1, 0.15) is 11.1 Å². The highest BCUT2D eigenvalue weighted by Gasteiger charge is 2.19. The van der Waals surface area contributed by atoms with Gasteiger partial charge in [0.2, 0.25) is 11.5 Å². The van der Waals surface area contributed by atoms with E-state index in [4.69, 9.17) is 14.1 Å². The lowest BCUT2D eigenvalue weighted by atomic mass is 10.1. The van der Waals surface area contributed by atoms with Crippen LogP contribution in [0.3, 0.4) is 0 Å². The average molecular weight is 494 g/mol. The minimum absolute atomic E-state index is 0.119. The molecule has 0 aliphatic rings. The number of fused-ring (bicyclic) bond motifs is 3. The first-order valence-corrected chi connectivity index (χ1v) is 12.8. The fraction of sp³-hybridized carbons (Fsp3) is 0.370. The zero-order valence-electron chi connectivity index (χ0n) is 20.8. The first-order valence-electron chi connectivity index (χ1n) is 11.8. The van der Waals surface area contributed by atoms with Crippen molar-refractivity contribution in [3.8, 4) is 0 Å². The maximum atomic E-state index is 13.4. The molecule has 8 heteroatoms. The zero-order valence-corrected chi connectivity index (χ0v) is 21.6. The van der Waals surface area contributed by atoms with Gasteiger partial charge in [-0.3, -0.25) is 14.2 Å². The summed E-state index contributed by atoms with van der Waals surface area (Å²) in [6, 6.07) is 11.6. The number of aromatic nitrogens is 2. The number of benzene rings is 2. The minimum atomic E-state index is -0.246. The average Bonchev–Trinajstić information content (AvgIpc) is 3.18. The number of rotatable bonds is 9. The van der Waals surface area contributed by atoms with Crippen molar-refractivity contribution in [2.45, 2.75) is 58.8 Å². The van der Waals surface area contributed by atoms with E-state index in [1.165, 1.54) is 11.8 Å². The maximum Gasteiger partial charge on any atom is 0.297 e. The first-order chi connectivity index (χ1) is 16.7. The number of ether oxygens (including phenoxy) is 1. The largest absolute Gasteiger partial charge is 0.448 e. The van der Waals surface area contributed by atoms with E-state index < -0.39 is 0 Å². The SMILES string of the molecule is Cc1cc(C)c(NC(=O)CSc2nc3c(oc4ccccc43)c(=O)n2CCCOC(C)C)c(C)c1. The van der Waals surface area contributed by atoms with E-state index in [-0.39, 0.29) is 28.9 Å². The molecule has 7 nitrogen and oxygen atoms in total. The summed E-state index contributed by atoms with van der Waals surface area (Å²) in [5.74, 6) is -0.0191. The van der Waals surface area contributed by atoms with Gasteiger partial charge in [0.05, 0.1) is 11.9 Å². The molecule has 2 heterocycles. The van der Waals surface area contributed by atoms with E-state index in [0.717, 1.165) is 27.8 Å². The molecule has 184 valence electrons. The van der Waals surface area contributed by atoms with E-state index in [1.54, 1.807) is 4.57 Å². The maximum absolute atomic E-state index is 13.4. The quantitative estimate of drug-likeness (QED) is 0.185. The van der Waals surface area contributed by atoms with Crippen molar-refractivity contribution in [1.82, 2.24) is 9.55 Å². The predicted molar refractivity (Wildman–Crippen MR) is 141 cm³/mol. The Morgan fingerprint density at radius 1 is 1.17 bits per heavy atom. The second kappa shape index (κ2) is 10.7. The second-order valence-corrected chi connectivity index (χ2v) is 9.95. The summed E-state index contributed by atoms with van der Waals surface area (Å²) < 4.78 is 13.1. The van der Waals surface area contributed by atoms with Gasteiger partial charge >= 0.3 is 0 Å². The van der Waals surface area contributed by atoms with Crippen molar-refractivity contribution in [1.29, 1.82) is 0 Å². The third-order valence-electron chi connectivity index (χ3n) is 5.70. The van der Waals surface area contributed by atoms with Crippen LogP contribution < -0.4 is 10.9 Å². The summed E-state index contributed by atoms with van der Waals surface area (Å²) >= 11 is 1.25. The zero-order chi connectivity index (χ0) is 25.1. The molecule has 35 heavy (non-hydrogen) atoms. The van der Waals surface area contributed by atoms with Crippen molar-refractivity contribution < 1.29 is 13.9 Å². The molecule has 4 aromatic rings. The third-order valence-corrected chi connectivity index (χ3v) is 6.67. The molecule has 0 saturated heterocycles. The lowest BCUT2D eigenvalue weighted by Gasteiger charge is -2.14. The van der Waals surface area contributed by atoms with E-state index in [9.17, 15) is 9.59 Å². The molecule has 0 unspecified atom stereocenters. The number of amides is 1. The van der Waals surface area contributed by atoms with Crippen LogP contribution >= 0.6 is 11.8 Å². The molecule has 2 aromatic heterocycles. The summed E-state index contributed by atoms with van der Waals surface area (Å²) in [6.07, 6.45) is 0.765. The molecular formula is C27H31N3O4S. The Morgan fingerprint density at radius 3 is 2.60 bits per heavy atom. The number of hydrogen-bond donors (Lipinski definition) is 1. The Morgan fingerprint density at radius 2 is 1.89 bits per heavy atom. The summed E-state index contributed by atoms with van der Waals surface area (Å²) in [5.41, 5.74) is 5.15. The number of thioether (sulfide) groups is 1. The number of carbonyl (C=O) groups excluding carboxylic acids is 1. The molecule has 1 amide bonds. The number of nitrogens with zero attached hydrogens (tertiary/aromatic N) is 2. The first kappa shape index (κ1) is 25.0. The van der Waals surface area contributed by atoms with Gasteiger partial charge < -0.3 is 14.5 Å². The van der Waals surface area contributed by atoms with Crippen LogP contribution in [-0.2, 0) is 16.1 Å². The van der Waals surface area contributed by atoms with Crippen LogP contribution in [0.5, 0.6) is 0 Å². The van der Waals surface area contributed by atoms with E-state index >= 15 is 0 Å². The Balaban J connectivity index is 1.61. The van der Waals surface area contributed by atoms with Crippen molar-refractivity contribution in [3.05, 3.63) is 63.4 Å². The Labute approximate surface area is 208 Å². The van der Waals surface area contributed by atoms with Crippen LogP contribution in [0.4, 0.5) is 5.69 Å². The molecule has 0 aliphatic heterocycles. The molecule has 0 aliphatic carbocycles. The molecule has 0 saturated carbocycles. The second-order valence-electron chi connectivity index (χ2n) is 9.01. The summed E-state index contributed by atoms with van der Waals surface area (Å²) in [4.78, 5) is 31.0. The van der Waals surface area contributed by atoms with Gasteiger partial charge in [-0.25, -0.2) is 4.98 Å². The number of carbonyl (C=O) groups is 1. The number of hydrogen-bond acceptors (Lipinski definition) is 6. The van der Waals surface area contributed by atoms with Crippen molar-refractivity contribution >= 4 is 45.4 Å². The monoisotopic (exact) mass is 493 g/mol. The van der Waals surface area contributed by atoms with E-state index in [0.29, 0.717) is 35.8 Å². The number of anilines is 1. The summed E-state index contributed by atoms with van der Waals surface area (Å²) in [6.45, 7) is 10.9. The van der Waals surface area contributed by atoms with E-state index in [1.807, 2.05) is 71.0 Å². The fourth-order valence-electron chi connectivity index (χ4n) is 4.19. The molecule has 2 aromatic carbocycles. The summed E-state index contributed by atoms with van der Waals surface area (Å²) in [7, 11) is 0. The lowest BCUT2D eigenvalue weighted by molar-refractivity contribution is -0.113. The minimum Gasteiger partial charge on any atom is -0.448 e. The molecule has 0 spiro atoms. The standard InChI is InChI=1S/C27H31N3O4S/c1-16(2)33-12-8-11-30-26(32)25-24(20-9-6-7-10-21(20)34-25)29-27(30)35-15-22(31)28-23-18(4)13-17(3)14-19(23)5/h6-7,9-10,13-14,16H,8,11-12,15H2,1-5H3,(H,28,31). The highest BCUT2D eigenvalue weighted by atomic mass is 32.2. The fourth-order valence-corrected chi connectivity index (χ4v) is 5.00. The highest BCUT2D eigenvalue weighted by Crippen LogP contribution is 2.28. The Bertz CT molecular complexity index is 1410. The predicted octanol–water partition coefficient (Wildman–Crippen LogP) is 5.61. The van der Waals surface area contributed by atoms with E-state index in [2.05, 4.69) is 5.32 Å². The Kier molecular flexibility index (Phi) is 7.62. The molecule has 4 rings (SSSR count). The normalized spacial score (nSPS) is 11.6. The highest BCUT2D eigenvalue weighted by molar-refractivity contribution is 7.99. The topological polar surface area (TPSA) is 86.4 Å². The van der Waals surface area contributed by atoms with Crippen LogP contribution in [0.25, 0.3) is 22.1 Å². The Hall–Kier alpha value is -3.10. The van der Waals surface area contributed by atoms with Crippen LogP contribution in [0, 0.1) is 20.8 Å². The number of nitrogens with one attached hydrogen (secondary N) is 1. The molecule has 0 atom stereocenters. The number of furan rings is 1. The van der Waals surface area contributed by atoms with Crippen molar-refractivity contribution in [3.63, 3.8) is 0 Å². The smallest absolute Gasteiger partial charge is 0.297 e. The van der Waals surface area contributed by atoms with Crippen LogP contribution in [0.15, 0.2) is 50.8 Å². The molecular weight excluding hydrogens is 462 g/mol. The summed E-state index contributed by atoms with van der Waals surface area (Å²) in [5, 5.41) is 4.30. The third kappa shape index (κ3) is 5.60. The molecule has 0 fully saturated rings. The van der Waals surface area contributed by atoms with Gasteiger partial charge in [-0.05, 0) is 64.3 Å². The number of aryl methyl sites for hydroxylation is 3. The van der Waals surface area contributed by atoms with Crippen molar-refractivity contribution in [2.24, 2.45) is 0 Å². The van der Waals surface area contributed by atoms with Gasteiger partial charge in [0.25, 0.3) is 5.56 Å². The van der Waals surface area contributed by atoms with Gasteiger partial charge in [-0.15, -0.1) is 0 Å². The molecule has 0 bridgehead atoms. The van der Waals surface area contributed by atoms with Crippen molar-refractivity contribution in [2.75, 3.05) is 17.7 Å². The van der Waals surface area contributed by atoms with Gasteiger partial charge in [-0.2, -0.15) is 0 Å². The van der Waals surface area contributed by atoms with Gasteiger partial charge in [0, 0.05) is 24.2 Å². The van der Waals surface area contributed by atoms with Crippen LogP contribution in [0.2, 0.25) is 0 Å². The van der Waals surface area contributed by atoms with Gasteiger partial charge in [-0.1, -0.05) is 41.6 Å². The van der Waals surface area contributed by atoms with Crippen LogP contribution in [0.1, 0.15) is 37.0 Å². The molecule has 1 N–H and O–H groups in total. The van der Waals surface area contributed by atoms with Crippen LogP contribution in [-0.4, -0.2) is 33.9 Å². The number of para-hydroxylation sites is 1. The molecule has 0 radical (unpaired) electrons. The van der Waals surface area contributed by atoms with Gasteiger partial charge in [0.15, 0.2) is 5.16 Å². The lowest BCUT2D eigenvalue weighted by Crippen LogP contribution is -2.25.